The van der Waals surface area contributed by atoms with Gasteiger partial charge in [0.15, 0.2) is 0 Å². The van der Waals surface area contributed by atoms with E-state index in [2.05, 4.69) is 28.9 Å². The highest BCUT2D eigenvalue weighted by Crippen LogP contribution is 2.16. The minimum Gasteiger partial charge on any atom is -0.506 e. The Morgan fingerprint density at radius 1 is 1.53 bits per heavy atom. The Hall–Kier alpha value is -1.13. The van der Waals surface area contributed by atoms with E-state index < -0.39 is 0 Å². The van der Waals surface area contributed by atoms with Gasteiger partial charge < -0.3 is 10.0 Å². The quantitative estimate of drug-likeness (QED) is 0.854. The summed E-state index contributed by atoms with van der Waals surface area (Å²) in [6.07, 6.45) is 4.11. The van der Waals surface area contributed by atoms with Crippen LogP contribution in [0.1, 0.15) is 18.5 Å². The minimum atomic E-state index is 0.229. The molecule has 0 bridgehead atoms. The van der Waals surface area contributed by atoms with E-state index in [4.69, 9.17) is 0 Å². The van der Waals surface area contributed by atoms with Gasteiger partial charge in [0.25, 0.3) is 0 Å². The molecule has 1 atom stereocenters. The Bertz CT molecular complexity index is 352. The van der Waals surface area contributed by atoms with Gasteiger partial charge in [0.2, 0.25) is 0 Å². The third kappa shape index (κ3) is 3.41. The van der Waals surface area contributed by atoms with Crippen molar-refractivity contribution < 1.29 is 5.11 Å². The van der Waals surface area contributed by atoms with E-state index in [0.717, 1.165) is 18.8 Å². The number of likely N-dealkylation sites (N-methyl/N-ethyl adjacent to an activating group) is 2. The van der Waals surface area contributed by atoms with E-state index >= 15 is 0 Å². The molecule has 1 aliphatic heterocycles. The van der Waals surface area contributed by atoms with Crippen LogP contribution in [-0.2, 0) is 6.54 Å². The zero-order valence-electron chi connectivity index (χ0n) is 10.6. The molecule has 1 aromatic heterocycles. The van der Waals surface area contributed by atoms with Gasteiger partial charge in [0, 0.05) is 19.1 Å². The Balaban J connectivity index is 1.84. The summed E-state index contributed by atoms with van der Waals surface area (Å²) in [7, 11) is 4.32. The maximum atomic E-state index is 9.17. The molecule has 1 aromatic rings. The number of aromatic hydroxyl groups is 1. The third-order valence-electron chi connectivity index (χ3n) is 3.43. The highest BCUT2D eigenvalue weighted by atomic mass is 16.3. The standard InChI is InChI=1S/C13H21N3O/c1-15(10-12-4-3-7-16(12)2)9-11-5-6-13(17)8-14-11/h5-6,8,12,17H,3-4,7,9-10H2,1-2H3. The minimum absolute atomic E-state index is 0.229. The van der Waals surface area contributed by atoms with E-state index in [-0.39, 0.29) is 5.75 Å². The first-order chi connectivity index (χ1) is 8.15. The Kier molecular flexibility index (Phi) is 3.97. The van der Waals surface area contributed by atoms with Crippen LogP contribution in [0.15, 0.2) is 18.3 Å². The van der Waals surface area contributed by atoms with Gasteiger partial charge in [-0.05, 0) is 45.6 Å². The lowest BCUT2D eigenvalue weighted by molar-refractivity contribution is 0.214. The second-order valence-corrected chi connectivity index (χ2v) is 4.98. The van der Waals surface area contributed by atoms with Crippen molar-refractivity contribution in [2.24, 2.45) is 0 Å². The molecule has 17 heavy (non-hydrogen) atoms. The normalized spacial score (nSPS) is 21.2. The fourth-order valence-electron chi connectivity index (χ4n) is 2.42. The van der Waals surface area contributed by atoms with Crippen molar-refractivity contribution in [3.05, 3.63) is 24.0 Å². The van der Waals surface area contributed by atoms with Crippen molar-refractivity contribution in [1.29, 1.82) is 0 Å². The monoisotopic (exact) mass is 235 g/mol. The molecular formula is C13H21N3O. The summed E-state index contributed by atoms with van der Waals surface area (Å²) in [5.41, 5.74) is 1.01. The average Bonchev–Trinajstić information content (AvgIpc) is 2.68. The predicted molar refractivity (Wildman–Crippen MR) is 67.9 cm³/mol. The van der Waals surface area contributed by atoms with Gasteiger partial charge in [-0.1, -0.05) is 0 Å². The number of hydrogen-bond acceptors (Lipinski definition) is 4. The van der Waals surface area contributed by atoms with Crippen molar-refractivity contribution in [3.8, 4) is 5.75 Å². The van der Waals surface area contributed by atoms with Gasteiger partial charge >= 0.3 is 0 Å². The molecular weight excluding hydrogens is 214 g/mol. The van der Waals surface area contributed by atoms with Crippen LogP contribution >= 0.6 is 0 Å². The zero-order valence-corrected chi connectivity index (χ0v) is 10.6. The van der Waals surface area contributed by atoms with Gasteiger partial charge in [-0.25, -0.2) is 0 Å². The molecule has 2 heterocycles. The number of likely N-dealkylation sites (tertiary alicyclic amines) is 1. The third-order valence-corrected chi connectivity index (χ3v) is 3.43. The van der Waals surface area contributed by atoms with E-state index in [1.807, 2.05) is 6.07 Å². The van der Waals surface area contributed by atoms with Crippen LogP contribution in [0.2, 0.25) is 0 Å². The van der Waals surface area contributed by atoms with Crippen molar-refractivity contribution in [3.63, 3.8) is 0 Å². The summed E-state index contributed by atoms with van der Waals surface area (Å²) in [6, 6.07) is 4.25. The van der Waals surface area contributed by atoms with Crippen molar-refractivity contribution in [1.82, 2.24) is 14.8 Å². The zero-order chi connectivity index (χ0) is 12.3. The molecule has 1 N–H and O–H groups in total. The smallest absolute Gasteiger partial charge is 0.133 e. The van der Waals surface area contributed by atoms with Crippen LogP contribution < -0.4 is 0 Å². The molecule has 2 rings (SSSR count). The molecule has 0 spiro atoms. The van der Waals surface area contributed by atoms with Crippen molar-refractivity contribution in [2.75, 3.05) is 27.2 Å². The number of aromatic nitrogens is 1. The van der Waals surface area contributed by atoms with E-state index in [0.29, 0.717) is 6.04 Å². The van der Waals surface area contributed by atoms with Crippen LogP contribution in [0.4, 0.5) is 0 Å². The Morgan fingerprint density at radius 2 is 2.35 bits per heavy atom. The maximum absolute atomic E-state index is 9.17. The van der Waals surface area contributed by atoms with Crippen LogP contribution in [0, 0.1) is 0 Å². The summed E-state index contributed by atoms with van der Waals surface area (Å²) in [5, 5.41) is 9.17. The summed E-state index contributed by atoms with van der Waals surface area (Å²) in [4.78, 5) is 8.94. The molecule has 0 aromatic carbocycles. The fourth-order valence-corrected chi connectivity index (χ4v) is 2.42. The first-order valence-electron chi connectivity index (χ1n) is 6.18. The van der Waals surface area contributed by atoms with Crippen LogP contribution in [0.3, 0.4) is 0 Å². The molecule has 1 fully saturated rings. The lowest BCUT2D eigenvalue weighted by Crippen LogP contribution is -2.36. The SMILES string of the molecule is CN(Cc1ccc(O)cn1)CC1CCCN1C. The molecule has 0 saturated carbocycles. The highest BCUT2D eigenvalue weighted by molar-refractivity contribution is 5.17. The van der Waals surface area contributed by atoms with Gasteiger partial charge in [0.1, 0.15) is 5.75 Å². The number of hydrogen-bond donors (Lipinski definition) is 1. The van der Waals surface area contributed by atoms with Crippen LogP contribution in [0.25, 0.3) is 0 Å². The second kappa shape index (κ2) is 5.47. The van der Waals surface area contributed by atoms with Gasteiger partial charge in [-0.2, -0.15) is 0 Å². The lowest BCUT2D eigenvalue weighted by Gasteiger charge is -2.25. The summed E-state index contributed by atoms with van der Waals surface area (Å²) in [6.45, 7) is 3.14. The first kappa shape index (κ1) is 12.3. The first-order valence-corrected chi connectivity index (χ1v) is 6.18. The van der Waals surface area contributed by atoms with Crippen LogP contribution in [0.5, 0.6) is 5.75 Å². The highest BCUT2D eigenvalue weighted by Gasteiger charge is 2.21. The summed E-state index contributed by atoms with van der Waals surface area (Å²) < 4.78 is 0. The Labute approximate surface area is 103 Å². The summed E-state index contributed by atoms with van der Waals surface area (Å²) >= 11 is 0. The molecule has 4 nitrogen and oxygen atoms in total. The number of rotatable bonds is 4. The lowest BCUT2D eigenvalue weighted by atomic mass is 10.2. The molecule has 1 saturated heterocycles. The number of nitrogens with zero attached hydrogens (tertiary/aromatic N) is 3. The average molecular weight is 235 g/mol. The largest absolute Gasteiger partial charge is 0.506 e. The van der Waals surface area contributed by atoms with E-state index in [9.17, 15) is 5.11 Å². The molecule has 0 aliphatic carbocycles. The topological polar surface area (TPSA) is 39.6 Å². The predicted octanol–water partition coefficient (Wildman–Crippen LogP) is 1.31. The maximum Gasteiger partial charge on any atom is 0.133 e. The van der Waals surface area contributed by atoms with E-state index in [1.165, 1.54) is 25.6 Å². The van der Waals surface area contributed by atoms with E-state index in [1.54, 1.807) is 6.07 Å². The van der Waals surface area contributed by atoms with Gasteiger partial charge in [-0.15, -0.1) is 0 Å². The molecule has 94 valence electrons. The Morgan fingerprint density at radius 3 is 2.94 bits per heavy atom. The molecule has 1 unspecified atom stereocenters. The van der Waals surface area contributed by atoms with Gasteiger partial charge in [0.05, 0.1) is 11.9 Å². The molecule has 0 radical (unpaired) electrons. The second-order valence-electron chi connectivity index (χ2n) is 4.98. The van der Waals surface area contributed by atoms with Crippen molar-refractivity contribution >= 4 is 0 Å². The molecule has 4 heteroatoms. The molecule has 0 amide bonds. The fraction of sp³-hybridized carbons (Fsp3) is 0.615. The van der Waals surface area contributed by atoms with Crippen LogP contribution in [-0.4, -0.2) is 53.1 Å². The van der Waals surface area contributed by atoms with Crippen molar-refractivity contribution in [2.45, 2.75) is 25.4 Å². The summed E-state index contributed by atoms with van der Waals surface area (Å²) in [5.74, 6) is 0.229. The molecule has 1 aliphatic rings. The van der Waals surface area contributed by atoms with Gasteiger partial charge in [-0.3, -0.25) is 9.88 Å². The number of pyridine rings is 1.